The van der Waals surface area contributed by atoms with Gasteiger partial charge in [-0.15, -0.1) is 0 Å². The average Bonchev–Trinajstić information content (AvgIpc) is 2.79. The number of aryl methyl sites for hydroxylation is 1. The van der Waals surface area contributed by atoms with E-state index in [0.717, 1.165) is 13.0 Å². The molecule has 0 saturated heterocycles. The summed E-state index contributed by atoms with van der Waals surface area (Å²) in [6, 6.07) is 39.3. The lowest BCUT2D eigenvalue weighted by Crippen LogP contribution is -2.23. The second kappa shape index (κ2) is 9.36. The zero-order valence-electron chi connectivity index (χ0n) is 16.9. The van der Waals surface area contributed by atoms with Crippen LogP contribution in [0.4, 0.5) is 0 Å². The van der Waals surface area contributed by atoms with Crippen molar-refractivity contribution >= 4 is 0 Å². The second-order valence-electron chi connectivity index (χ2n) is 7.60. The average molecular weight is 378 g/mol. The Hall–Kier alpha value is -3.16. The van der Waals surface area contributed by atoms with Crippen LogP contribution in [0.25, 0.3) is 11.1 Å². The minimum atomic E-state index is 0.285. The van der Waals surface area contributed by atoms with Crippen molar-refractivity contribution in [2.45, 2.75) is 25.9 Å². The molecule has 0 aliphatic rings. The molecule has 0 heterocycles. The number of hydrogen-bond acceptors (Lipinski definition) is 1. The van der Waals surface area contributed by atoms with E-state index in [1.165, 1.54) is 33.4 Å². The van der Waals surface area contributed by atoms with Crippen LogP contribution in [0.15, 0.2) is 109 Å². The summed E-state index contributed by atoms with van der Waals surface area (Å²) in [5, 5.41) is 3.77. The maximum atomic E-state index is 3.77. The SMILES string of the molecule is Cc1ccc(C[C@H](NCc2ccc(-c3ccccc3)cc2)c2ccccc2)cc1. The first-order valence-electron chi connectivity index (χ1n) is 10.3. The van der Waals surface area contributed by atoms with Gasteiger partial charge in [0.15, 0.2) is 0 Å². The van der Waals surface area contributed by atoms with E-state index < -0.39 is 0 Å². The molecule has 1 nitrogen and oxygen atoms in total. The van der Waals surface area contributed by atoms with Crippen molar-refractivity contribution in [3.05, 3.63) is 131 Å². The first kappa shape index (κ1) is 19.2. The van der Waals surface area contributed by atoms with Gasteiger partial charge >= 0.3 is 0 Å². The topological polar surface area (TPSA) is 12.0 Å². The molecule has 1 atom stereocenters. The van der Waals surface area contributed by atoms with Crippen molar-refractivity contribution in [2.24, 2.45) is 0 Å². The van der Waals surface area contributed by atoms with Gasteiger partial charge in [0.25, 0.3) is 0 Å². The van der Waals surface area contributed by atoms with Crippen molar-refractivity contribution in [3.8, 4) is 11.1 Å². The van der Waals surface area contributed by atoms with Crippen molar-refractivity contribution in [1.29, 1.82) is 0 Å². The monoisotopic (exact) mass is 377 g/mol. The Morgan fingerprint density at radius 2 is 1.14 bits per heavy atom. The van der Waals surface area contributed by atoms with Crippen LogP contribution in [0.3, 0.4) is 0 Å². The molecule has 0 amide bonds. The van der Waals surface area contributed by atoms with Crippen molar-refractivity contribution in [3.63, 3.8) is 0 Å². The van der Waals surface area contributed by atoms with E-state index in [0.29, 0.717) is 0 Å². The maximum absolute atomic E-state index is 3.77. The molecule has 0 aliphatic carbocycles. The molecule has 0 aliphatic heterocycles. The van der Waals surface area contributed by atoms with Gasteiger partial charge in [-0.3, -0.25) is 0 Å². The molecule has 144 valence electrons. The van der Waals surface area contributed by atoms with Crippen LogP contribution in [-0.4, -0.2) is 0 Å². The summed E-state index contributed by atoms with van der Waals surface area (Å²) in [7, 11) is 0. The molecule has 0 fully saturated rings. The van der Waals surface area contributed by atoms with Gasteiger partial charge in [0.2, 0.25) is 0 Å². The fraction of sp³-hybridized carbons (Fsp3) is 0.143. The first-order chi connectivity index (χ1) is 14.3. The lowest BCUT2D eigenvalue weighted by Gasteiger charge is -2.20. The molecule has 0 spiro atoms. The van der Waals surface area contributed by atoms with E-state index in [2.05, 4.69) is 121 Å². The quantitative estimate of drug-likeness (QED) is 0.376. The molecule has 0 radical (unpaired) electrons. The maximum Gasteiger partial charge on any atom is 0.0363 e. The van der Waals surface area contributed by atoms with E-state index in [1.807, 2.05) is 0 Å². The van der Waals surface area contributed by atoms with Crippen molar-refractivity contribution in [2.75, 3.05) is 0 Å². The van der Waals surface area contributed by atoms with Gasteiger partial charge in [0, 0.05) is 12.6 Å². The van der Waals surface area contributed by atoms with E-state index >= 15 is 0 Å². The summed E-state index contributed by atoms with van der Waals surface area (Å²) in [5.41, 5.74) is 7.80. The highest BCUT2D eigenvalue weighted by molar-refractivity contribution is 5.63. The summed E-state index contributed by atoms with van der Waals surface area (Å²) in [5.74, 6) is 0. The predicted octanol–water partition coefficient (Wildman–Crippen LogP) is 6.74. The fourth-order valence-corrected chi connectivity index (χ4v) is 3.64. The molecule has 1 heteroatoms. The van der Waals surface area contributed by atoms with Crippen LogP contribution in [0.5, 0.6) is 0 Å². The Labute approximate surface area is 174 Å². The molecular weight excluding hydrogens is 350 g/mol. The Morgan fingerprint density at radius 1 is 0.586 bits per heavy atom. The number of benzene rings is 4. The third-order valence-corrected chi connectivity index (χ3v) is 5.38. The van der Waals surface area contributed by atoms with Gasteiger partial charge in [0.1, 0.15) is 0 Å². The summed E-state index contributed by atoms with van der Waals surface area (Å²) < 4.78 is 0. The lowest BCUT2D eigenvalue weighted by molar-refractivity contribution is 0.530. The van der Waals surface area contributed by atoms with Crippen molar-refractivity contribution < 1.29 is 0 Å². The van der Waals surface area contributed by atoms with Gasteiger partial charge in [-0.1, -0.05) is 115 Å². The van der Waals surface area contributed by atoms with Crippen LogP contribution in [-0.2, 0) is 13.0 Å². The van der Waals surface area contributed by atoms with Crippen LogP contribution in [0.1, 0.15) is 28.3 Å². The zero-order chi connectivity index (χ0) is 19.9. The second-order valence-corrected chi connectivity index (χ2v) is 7.60. The van der Waals surface area contributed by atoms with Gasteiger partial charge in [-0.05, 0) is 41.2 Å². The van der Waals surface area contributed by atoms with E-state index in [9.17, 15) is 0 Å². The summed E-state index contributed by atoms with van der Waals surface area (Å²) in [6.45, 7) is 2.98. The Kier molecular flexibility index (Phi) is 6.19. The third-order valence-electron chi connectivity index (χ3n) is 5.38. The van der Waals surface area contributed by atoms with Crippen LogP contribution >= 0.6 is 0 Å². The minimum absolute atomic E-state index is 0.285. The molecule has 1 N–H and O–H groups in total. The van der Waals surface area contributed by atoms with Crippen LogP contribution < -0.4 is 5.32 Å². The standard InChI is InChI=1S/C28H27N/c1-22-12-14-23(15-13-22)20-28(27-10-6-3-7-11-27)29-21-24-16-18-26(19-17-24)25-8-4-2-5-9-25/h2-19,28-29H,20-21H2,1H3/t28-/m0/s1. The van der Waals surface area contributed by atoms with Gasteiger partial charge in [0.05, 0.1) is 0 Å². The molecule has 0 unspecified atom stereocenters. The summed E-state index contributed by atoms with van der Waals surface area (Å²) >= 11 is 0. The third kappa shape index (κ3) is 5.22. The number of hydrogen-bond donors (Lipinski definition) is 1. The Bertz CT molecular complexity index is 1000. The highest BCUT2D eigenvalue weighted by Crippen LogP contribution is 2.22. The smallest absolute Gasteiger partial charge is 0.0363 e. The highest BCUT2D eigenvalue weighted by atomic mass is 14.9. The minimum Gasteiger partial charge on any atom is -0.306 e. The lowest BCUT2D eigenvalue weighted by atomic mass is 9.97. The van der Waals surface area contributed by atoms with E-state index in [1.54, 1.807) is 0 Å². The summed E-state index contributed by atoms with van der Waals surface area (Å²) in [4.78, 5) is 0. The molecule has 4 aromatic rings. The molecule has 0 saturated carbocycles. The fourth-order valence-electron chi connectivity index (χ4n) is 3.64. The van der Waals surface area contributed by atoms with Gasteiger partial charge in [-0.25, -0.2) is 0 Å². The van der Waals surface area contributed by atoms with Gasteiger partial charge in [-0.2, -0.15) is 0 Å². The predicted molar refractivity (Wildman–Crippen MR) is 123 cm³/mol. The van der Waals surface area contributed by atoms with Crippen molar-refractivity contribution in [1.82, 2.24) is 5.32 Å². The molecule has 0 bridgehead atoms. The number of rotatable bonds is 7. The Balaban J connectivity index is 1.47. The van der Waals surface area contributed by atoms with Crippen LogP contribution in [0, 0.1) is 6.92 Å². The molecule has 4 rings (SSSR count). The normalized spacial score (nSPS) is 11.9. The number of nitrogens with one attached hydrogen (secondary N) is 1. The molecule has 29 heavy (non-hydrogen) atoms. The van der Waals surface area contributed by atoms with E-state index in [-0.39, 0.29) is 6.04 Å². The van der Waals surface area contributed by atoms with Gasteiger partial charge < -0.3 is 5.32 Å². The van der Waals surface area contributed by atoms with Crippen LogP contribution in [0.2, 0.25) is 0 Å². The largest absolute Gasteiger partial charge is 0.306 e. The zero-order valence-corrected chi connectivity index (χ0v) is 16.9. The summed E-state index contributed by atoms with van der Waals surface area (Å²) in [6.07, 6.45) is 0.979. The molecule has 4 aromatic carbocycles. The molecule has 0 aromatic heterocycles. The first-order valence-corrected chi connectivity index (χ1v) is 10.3. The highest BCUT2D eigenvalue weighted by Gasteiger charge is 2.12. The Morgan fingerprint density at radius 3 is 1.79 bits per heavy atom. The molecular formula is C28H27N. The van der Waals surface area contributed by atoms with E-state index in [4.69, 9.17) is 0 Å².